The Balaban J connectivity index is 0.00000272. The van der Waals surface area contributed by atoms with Gasteiger partial charge in [0.05, 0.1) is 13.1 Å². The van der Waals surface area contributed by atoms with Crippen LogP contribution in [-0.4, -0.2) is 80.3 Å². The summed E-state index contributed by atoms with van der Waals surface area (Å²) in [4.78, 5) is 10.3. The third-order valence-electron chi connectivity index (χ3n) is 7.03. The van der Waals surface area contributed by atoms with Gasteiger partial charge in [-0.05, 0) is 77.5 Å². The van der Waals surface area contributed by atoms with Gasteiger partial charge in [-0.1, -0.05) is 24.6 Å². The number of likely N-dealkylation sites (tertiary alicyclic amines) is 2. The molecule has 3 aliphatic heterocycles. The van der Waals surface area contributed by atoms with Crippen LogP contribution in [-0.2, 0) is 6.42 Å². The van der Waals surface area contributed by atoms with Crippen molar-refractivity contribution in [1.82, 2.24) is 20.4 Å². The molecule has 174 valence electrons. The Morgan fingerprint density at radius 2 is 1.84 bits per heavy atom. The highest BCUT2D eigenvalue weighted by Crippen LogP contribution is 2.32. The van der Waals surface area contributed by atoms with Gasteiger partial charge >= 0.3 is 0 Å². The minimum atomic E-state index is 0. The molecule has 1 atom stereocenters. The van der Waals surface area contributed by atoms with E-state index in [0.717, 1.165) is 37.8 Å². The summed E-state index contributed by atoms with van der Waals surface area (Å²) in [6.07, 6.45) is 7.61. The molecule has 0 spiro atoms. The predicted octanol–water partition coefficient (Wildman–Crippen LogP) is 3.11. The van der Waals surface area contributed by atoms with Crippen LogP contribution in [0.25, 0.3) is 0 Å². The van der Waals surface area contributed by atoms with Crippen molar-refractivity contribution >= 4 is 29.9 Å². The van der Waals surface area contributed by atoms with Gasteiger partial charge in [0.15, 0.2) is 5.96 Å². The molecule has 1 unspecified atom stereocenters. The minimum absolute atomic E-state index is 0. The zero-order chi connectivity index (χ0) is 20.8. The number of benzene rings is 1. The van der Waals surface area contributed by atoms with Gasteiger partial charge in [0.2, 0.25) is 0 Å². The number of hydrogen-bond acceptors (Lipinski definition) is 4. The SMILES string of the molecule is CCNC(=NCC1(N2CCCCC2)CCN(C)CC1)NCC1Cc2ccccc2O1.I. The standard InChI is InChI=1S/C24H39N5O.HI/c1-3-25-23(26-18-21-17-20-9-5-6-10-22(20)30-21)27-19-24(11-15-28(2)16-12-24)29-13-7-4-8-14-29;/h5-6,9-10,21H,3-4,7-8,11-19H2,1-2H3,(H2,25,26,27);1H. The fourth-order valence-electron chi connectivity index (χ4n) is 5.12. The molecule has 1 aromatic carbocycles. The van der Waals surface area contributed by atoms with Gasteiger partial charge in [0.25, 0.3) is 0 Å². The molecule has 3 heterocycles. The van der Waals surface area contributed by atoms with Gasteiger partial charge in [-0.3, -0.25) is 9.89 Å². The number of aliphatic imine (C=N–C) groups is 1. The predicted molar refractivity (Wildman–Crippen MR) is 139 cm³/mol. The quantitative estimate of drug-likeness (QED) is 0.330. The van der Waals surface area contributed by atoms with E-state index in [-0.39, 0.29) is 35.6 Å². The molecule has 0 bridgehead atoms. The molecule has 31 heavy (non-hydrogen) atoms. The molecule has 2 fully saturated rings. The first-order valence-electron chi connectivity index (χ1n) is 11.9. The first-order valence-corrected chi connectivity index (χ1v) is 11.9. The van der Waals surface area contributed by atoms with Crippen LogP contribution < -0.4 is 15.4 Å². The van der Waals surface area contributed by atoms with Crippen molar-refractivity contribution < 1.29 is 4.74 Å². The zero-order valence-electron chi connectivity index (χ0n) is 19.2. The number of para-hydroxylation sites is 1. The maximum Gasteiger partial charge on any atom is 0.191 e. The second kappa shape index (κ2) is 11.7. The normalized spacial score (nSPS) is 24.1. The van der Waals surface area contributed by atoms with E-state index >= 15 is 0 Å². The fraction of sp³-hybridized carbons (Fsp3) is 0.708. The molecule has 4 rings (SSSR count). The summed E-state index contributed by atoms with van der Waals surface area (Å²) in [5.74, 6) is 1.95. The number of halogens is 1. The molecule has 0 radical (unpaired) electrons. The van der Waals surface area contributed by atoms with Crippen molar-refractivity contribution in [2.75, 3.05) is 52.9 Å². The zero-order valence-corrected chi connectivity index (χ0v) is 21.6. The van der Waals surface area contributed by atoms with E-state index in [1.165, 1.54) is 63.8 Å². The molecule has 2 saturated heterocycles. The number of piperidine rings is 2. The summed E-state index contributed by atoms with van der Waals surface area (Å²) in [6.45, 7) is 9.47. The van der Waals surface area contributed by atoms with Crippen molar-refractivity contribution in [1.29, 1.82) is 0 Å². The lowest BCUT2D eigenvalue weighted by Crippen LogP contribution is -2.58. The van der Waals surface area contributed by atoms with Crippen LogP contribution >= 0.6 is 24.0 Å². The molecule has 2 N–H and O–H groups in total. The number of hydrogen-bond donors (Lipinski definition) is 2. The molecule has 0 saturated carbocycles. The number of rotatable bonds is 6. The van der Waals surface area contributed by atoms with Crippen molar-refractivity contribution in [2.24, 2.45) is 4.99 Å². The largest absolute Gasteiger partial charge is 0.488 e. The van der Waals surface area contributed by atoms with E-state index in [2.05, 4.69) is 52.6 Å². The number of nitrogens with one attached hydrogen (secondary N) is 2. The lowest BCUT2D eigenvalue weighted by Gasteiger charge is -2.49. The average Bonchev–Trinajstić information content (AvgIpc) is 3.21. The highest BCUT2D eigenvalue weighted by atomic mass is 127. The van der Waals surface area contributed by atoms with Crippen LogP contribution in [0.1, 0.15) is 44.6 Å². The van der Waals surface area contributed by atoms with Crippen LogP contribution in [0, 0.1) is 0 Å². The van der Waals surface area contributed by atoms with Crippen LogP contribution in [0.5, 0.6) is 5.75 Å². The summed E-state index contributed by atoms with van der Waals surface area (Å²) in [7, 11) is 2.24. The Bertz CT molecular complexity index is 689. The summed E-state index contributed by atoms with van der Waals surface area (Å²) < 4.78 is 6.10. The Kier molecular flexibility index (Phi) is 9.28. The minimum Gasteiger partial charge on any atom is -0.488 e. The molecule has 6 nitrogen and oxygen atoms in total. The second-order valence-corrected chi connectivity index (χ2v) is 9.20. The lowest BCUT2D eigenvalue weighted by atomic mass is 9.84. The monoisotopic (exact) mass is 541 g/mol. The van der Waals surface area contributed by atoms with E-state index in [1.54, 1.807) is 0 Å². The Labute approximate surface area is 205 Å². The molecule has 3 aliphatic rings. The van der Waals surface area contributed by atoms with Crippen molar-refractivity contribution in [3.63, 3.8) is 0 Å². The van der Waals surface area contributed by atoms with Crippen LogP contribution in [0.4, 0.5) is 0 Å². The molecule has 0 aliphatic carbocycles. The summed E-state index contributed by atoms with van der Waals surface area (Å²) in [5.41, 5.74) is 1.52. The van der Waals surface area contributed by atoms with Gasteiger partial charge in [-0.2, -0.15) is 0 Å². The molecule has 7 heteroatoms. The highest BCUT2D eigenvalue weighted by Gasteiger charge is 2.39. The summed E-state index contributed by atoms with van der Waals surface area (Å²) in [6, 6.07) is 8.36. The Morgan fingerprint density at radius 1 is 1.10 bits per heavy atom. The number of nitrogens with zero attached hydrogens (tertiary/aromatic N) is 3. The highest BCUT2D eigenvalue weighted by molar-refractivity contribution is 14.0. The van der Waals surface area contributed by atoms with Crippen LogP contribution in [0.2, 0.25) is 0 Å². The third-order valence-corrected chi connectivity index (χ3v) is 7.03. The van der Waals surface area contributed by atoms with E-state index in [1.807, 2.05) is 6.07 Å². The van der Waals surface area contributed by atoms with E-state index in [4.69, 9.17) is 9.73 Å². The lowest BCUT2D eigenvalue weighted by molar-refractivity contribution is 0.0208. The molecule has 0 aromatic heterocycles. The fourth-order valence-corrected chi connectivity index (χ4v) is 5.12. The van der Waals surface area contributed by atoms with Crippen LogP contribution in [0.15, 0.2) is 29.3 Å². The number of fused-ring (bicyclic) bond motifs is 1. The molecule has 1 aromatic rings. The van der Waals surface area contributed by atoms with Gasteiger partial charge < -0.3 is 20.3 Å². The van der Waals surface area contributed by atoms with Crippen molar-refractivity contribution in [3.8, 4) is 5.75 Å². The first kappa shape index (κ1) is 24.6. The summed E-state index contributed by atoms with van der Waals surface area (Å²) >= 11 is 0. The van der Waals surface area contributed by atoms with Crippen molar-refractivity contribution in [2.45, 2.75) is 57.1 Å². The number of ether oxygens (including phenoxy) is 1. The van der Waals surface area contributed by atoms with Crippen LogP contribution in [0.3, 0.4) is 0 Å². The van der Waals surface area contributed by atoms with E-state index in [0.29, 0.717) is 0 Å². The topological polar surface area (TPSA) is 52.1 Å². The average molecular weight is 542 g/mol. The third kappa shape index (κ3) is 6.26. The van der Waals surface area contributed by atoms with Gasteiger partial charge in [0, 0.05) is 18.5 Å². The smallest absolute Gasteiger partial charge is 0.191 e. The Morgan fingerprint density at radius 3 is 2.55 bits per heavy atom. The van der Waals surface area contributed by atoms with E-state index < -0.39 is 0 Å². The first-order chi connectivity index (χ1) is 14.7. The van der Waals surface area contributed by atoms with Gasteiger partial charge in [-0.25, -0.2) is 0 Å². The van der Waals surface area contributed by atoms with Gasteiger partial charge in [0.1, 0.15) is 11.9 Å². The van der Waals surface area contributed by atoms with Crippen molar-refractivity contribution in [3.05, 3.63) is 29.8 Å². The molecular weight excluding hydrogens is 501 g/mol. The molecular formula is C24H40IN5O. The van der Waals surface area contributed by atoms with E-state index in [9.17, 15) is 0 Å². The van der Waals surface area contributed by atoms with Gasteiger partial charge in [-0.15, -0.1) is 24.0 Å². The summed E-state index contributed by atoms with van der Waals surface area (Å²) in [5, 5.41) is 7.00. The molecule has 0 amide bonds. The Hall–Kier alpha value is -1.06. The maximum atomic E-state index is 6.10. The number of guanidine groups is 1. The maximum absolute atomic E-state index is 6.10. The second-order valence-electron chi connectivity index (χ2n) is 9.20.